The van der Waals surface area contributed by atoms with E-state index in [1.54, 1.807) is 24.5 Å². The second-order valence-electron chi connectivity index (χ2n) is 4.76. The van der Waals surface area contributed by atoms with Crippen molar-refractivity contribution in [2.75, 3.05) is 18.8 Å². The molecule has 3 nitrogen and oxygen atoms in total. The van der Waals surface area contributed by atoms with Gasteiger partial charge in [0.25, 0.3) is 5.91 Å². The molecule has 3 rings (SSSR count). The van der Waals surface area contributed by atoms with Crippen molar-refractivity contribution < 1.29 is 4.79 Å². The minimum atomic E-state index is 0.105. The molecule has 1 aromatic heterocycles. The lowest BCUT2D eigenvalue weighted by atomic mass is 10.1. The highest BCUT2D eigenvalue weighted by atomic mass is 32.2. The lowest BCUT2D eigenvalue weighted by molar-refractivity contribution is 0.0761. The van der Waals surface area contributed by atoms with E-state index in [0.29, 0.717) is 5.25 Å². The van der Waals surface area contributed by atoms with Gasteiger partial charge in [-0.05, 0) is 17.7 Å². The lowest BCUT2D eigenvalue weighted by Gasteiger charge is -2.32. The number of carbonyl (C=O) groups excluding carboxylic acids is 1. The van der Waals surface area contributed by atoms with Crippen molar-refractivity contribution in [1.82, 2.24) is 9.88 Å². The summed E-state index contributed by atoms with van der Waals surface area (Å²) in [5.74, 6) is 1.09. The fraction of sp³-hybridized carbons (Fsp3) is 0.250. The van der Waals surface area contributed by atoms with E-state index in [1.165, 1.54) is 5.56 Å². The zero-order valence-corrected chi connectivity index (χ0v) is 11.9. The van der Waals surface area contributed by atoms with Gasteiger partial charge in [-0.25, -0.2) is 0 Å². The zero-order chi connectivity index (χ0) is 13.8. The highest BCUT2D eigenvalue weighted by Crippen LogP contribution is 2.33. The van der Waals surface area contributed by atoms with Crippen molar-refractivity contribution in [3.05, 3.63) is 66.0 Å². The number of aromatic nitrogens is 1. The third kappa shape index (κ3) is 2.85. The third-order valence-corrected chi connectivity index (χ3v) is 4.69. The van der Waals surface area contributed by atoms with Crippen LogP contribution in [0.15, 0.2) is 54.9 Å². The molecule has 2 aromatic rings. The molecule has 0 radical (unpaired) electrons. The maximum atomic E-state index is 12.5. The van der Waals surface area contributed by atoms with Crippen LogP contribution in [0.3, 0.4) is 0 Å². The average Bonchev–Trinajstić information content (AvgIpc) is 2.56. The standard InChI is InChI=1S/C16H16N2OS/c19-16(14-6-8-17-9-7-14)18-10-11-20-15(12-18)13-4-2-1-3-5-13/h1-9,15H,10-12H2. The number of pyridine rings is 1. The van der Waals surface area contributed by atoms with Crippen molar-refractivity contribution in [3.8, 4) is 0 Å². The second-order valence-corrected chi connectivity index (χ2v) is 6.07. The van der Waals surface area contributed by atoms with Gasteiger partial charge in [0.1, 0.15) is 0 Å². The van der Waals surface area contributed by atoms with Crippen LogP contribution < -0.4 is 0 Å². The Morgan fingerprint density at radius 3 is 2.65 bits per heavy atom. The first-order valence-electron chi connectivity index (χ1n) is 6.70. The average molecular weight is 284 g/mol. The lowest BCUT2D eigenvalue weighted by Crippen LogP contribution is -2.39. The summed E-state index contributed by atoms with van der Waals surface area (Å²) in [5.41, 5.74) is 2.02. The number of nitrogens with zero attached hydrogens (tertiary/aromatic N) is 2. The number of hydrogen-bond acceptors (Lipinski definition) is 3. The van der Waals surface area contributed by atoms with E-state index in [1.807, 2.05) is 22.7 Å². The summed E-state index contributed by atoms with van der Waals surface area (Å²) < 4.78 is 0. The Balaban J connectivity index is 1.74. The van der Waals surface area contributed by atoms with Gasteiger partial charge >= 0.3 is 0 Å². The topological polar surface area (TPSA) is 33.2 Å². The number of amides is 1. The highest BCUT2D eigenvalue weighted by molar-refractivity contribution is 7.99. The molecule has 20 heavy (non-hydrogen) atoms. The molecule has 0 spiro atoms. The van der Waals surface area contributed by atoms with Crippen LogP contribution in [0.4, 0.5) is 0 Å². The Morgan fingerprint density at radius 1 is 1.15 bits per heavy atom. The Hall–Kier alpha value is -1.81. The summed E-state index contributed by atoms with van der Waals surface area (Å²) in [4.78, 5) is 18.4. The fourth-order valence-corrected chi connectivity index (χ4v) is 3.63. The van der Waals surface area contributed by atoms with Crippen molar-refractivity contribution >= 4 is 17.7 Å². The molecule has 2 heterocycles. The molecule has 0 bridgehead atoms. The molecular formula is C16H16N2OS. The van der Waals surface area contributed by atoms with Crippen molar-refractivity contribution in [3.63, 3.8) is 0 Å². The molecular weight excluding hydrogens is 268 g/mol. The fourth-order valence-electron chi connectivity index (χ4n) is 2.38. The first kappa shape index (κ1) is 13.2. The van der Waals surface area contributed by atoms with E-state index in [-0.39, 0.29) is 5.91 Å². The maximum absolute atomic E-state index is 12.5. The Bertz CT molecular complexity index is 574. The van der Waals surface area contributed by atoms with Crippen LogP contribution in [0.5, 0.6) is 0 Å². The van der Waals surface area contributed by atoms with Gasteiger partial charge < -0.3 is 4.90 Å². The number of hydrogen-bond donors (Lipinski definition) is 0. The minimum Gasteiger partial charge on any atom is -0.336 e. The largest absolute Gasteiger partial charge is 0.336 e. The van der Waals surface area contributed by atoms with Gasteiger partial charge in [-0.1, -0.05) is 30.3 Å². The van der Waals surface area contributed by atoms with Crippen LogP contribution in [0.1, 0.15) is 21.2 Å². The van der Waals surface area contributed by atoms with Gasteiger partial charge in [0, 0.05) is 42.0 Å². The third-order valence-electron chi connectivity index (χ3n) is 3.45. The van der Waals surface area contributed by atoms with E-state index in [4.69, 9.17) is 0 Å². The van der Waals surface area contributed by atoms with E-state index in [9.17, 15) is 4.79 Å². The summed E-state index contributed by atoms with van der Waals surface area (Å²) >= 11 is 1.93. The van der Waals surface area contributed by atoms with Crippen molar-refractivity contribution in [2.24, 2.45) is 0 Å². The van der Waals surface area contributed by atoms with E-state index < -0.39 is 0 Å². The quantitative estimate of drug-likeness (QED) is 0.850. The summed E-state index contributed by atoms with van der Waals surface area (Å²) in [7, 11) is 0. The number of thioether (sulfide) groups is 1. The SMILES string of the molecule is O=C(c1ccncc1)N1CCSC(c2ccccc2)C1. The molecule has 1 unspecified atom stereocenters. The molecule has 1 saturated heterocycles. The van der Waals surface area contributed by atoms with Crippen LogP contribution in [-0.2, 0) is 0 Å². The Labute approximate surface area is 123 Å². The normalized spacial score (nSPS) is 18.8. The molecule has 1 aliphatic rings. The van der Waals surface area contributed by atoms with E-state index in [2.05, 4.69) is 29.2 Å². The van der Waals surface area contributed by atoms with Crippen molar-refractivity contribution in [1.29, 1.82) is 0 Å². The molecule has 0 saturated carbocycles. The predicted molar refractivity (Wildman–Crippen MR) is 81.8 cm³/mol. The predicted octanol–water partition coefficient (Wildman–Crippen LogP) is 3.01. The maximum Gasteiger partial charge on any atom is 0.254 e. The van der Waals surface area contributed by atoms with Gasteiger partial charge in [0.05, 0.1) is 0 Å². The summed E-state index contributed by atoms with van der Waals surface area (Å²) in [5, 5.41) is 0.371. The van der Waals surface area contributed by atoms with Crippen LogP contribution >= 0.6 is 11.8 Å². The van der Waals surface area contributed by atoms with Crippen LogP contribution in [-0.4, -0.2) is 34.6 Å². The molecule has 1 aromatic carbocycles. The van der Waals surface area contributed by atoms with Gasteiger partial charge in [-0.3, -0.25) is 9.78 Å². The molecule has 1 atom stereocenters. The molecule has 102 valence electrons. The van der Waals surface area contributed by atoms with Gasteiger partial charge in [0.15, 0.2) is 0 Å². The molecule has 1 amide bonds. The number of benzene rings is 1. The van der Waals surface area contributed by atoms with Crippen molar-refractivity contribution in [2.45, 2.75) is 5.25 Å². The number of rotatable bonds is 2. The molecule has 1 aliphatic heterocycles. The first-order valence-corrected chi connectivity index (χ1v) is 7.75. The zero-order valence-electron chi connectivity index (χ0n) is 11.1. The summed E-state index contributed by atoms with van der Waals surface area (Å²) in [6, 6.07) is 14.0. The molecule has 1 fully saturated rings. The second kappa shape index (κ2) is 6.09. The van der Waals surface area contributed by atoms with Gasteiger partial charge in [-0.15, -0.1) is 0 Å². The Morgan fingerprint density at radius 2 is 1.90 bits per heavy atom. The molecule has 4 heteroatoms. The van der Waals surface area contributed by atoms with Crippen LogP contribution in [0.2, 0.25) is 0 Å². The summed E-state index contributed by atoms with van der Waals surface area (Å²) in [6.45, 7) is 1.59. The molecule has 0 N–H and O–H groups in total. The minimum absolute atomic E-state index is 0.105. The van der Waals surface area contributed by atoms with Gasteiger partial charge in [-0.2, -0.15) is 11.8 Å². The van der Waals surface area contributed by atoms with Crippen LogP contribution in [0.25, 0.3) is 0 Å². The number of carbonyl (C=O) groups is 1. The molecule has 0 aliphatic carbocycles. The van der Waals surface area contributed by atoms with Gasteiger partial charge in [0.2, 0.25) is 0 Å². The van der Waals surface area contributed by atoms with E-state index >= 15 is 0 Å². The first-order chi connectivity index (χ1) is 9.84. The van der Waals surface area contributed by atoms with E-state index in [0.717, 1.165) is 24.4 Å². The monoisotopic (exact) mass is 284 g/mol. The summed E-state index contributed by atoms with van der Waals surface area (Å²) in [6.07, 6.45) is 3.33. The Kier molecular flexibility index (Phi) is 4.02. The highest BCUT2D eigenvalue weighted by Gasteiger charge is 2.25. The van der Waals surface area contributed by atoms with Crippen LogP contribution in [0, 0.1) is 0 Å². The smallest absolute Gasteiger partial charge is 0.254 e.